The molecule has 1 heterocycles. The molecule has 5 nitrogen and oxygen atoms in total. The van der Waals surface area contributed by atoms with Crippen LogP contribution in [-0.2, 0) is 16.6 Å². The van der Waals surface area contributed by atoms with Gasteiger partial charge in [-0.3, -0.25) is 9.00 Å². The Kier molecular flexibility index (Phi) is 7.34. The molecule has 0 aliphatic carbocycles. The van der Waals surface area contributed by atoms with E-state index < -0.39 is 10.8 Å². The summed E-state index contributed by atoms with van der Waals surface area (Å²) in [4.78, 5) is 14.8. The fourth-order valence-electron chi connectivity index (χ4n) is 1.94. The molecule has 0 radical (unpaired) electrons. The first-order valence-corrected chi connectivity index (χ1v) is 9.53. The zero-order valence-corrected chi connectivity index (χ0v) is 15.0. The van der Waals surface area contributed by atoms with E-state index in [0.717, 1.165) is 6.42 Å². The Bertz CT molecular complexity index is 730. The quantitative estimate of drug-likeness (QED) is 0.737. The summed E-state index contributed by atoms with van der Waals surface area (Å²) in [6.07, 6.45) is 2.35. The van der Waals surface area contributed by atoms with E-state index in [2.05, 4.69) is 4.98 Å². The van der Waals surface area contributed by atoms with Crippen LogP contribution in [0.1, 0.15) is 19.0 Å². The van der Waals surface area contributed by atoms with E-state index in [4.69, 9.17) is 21.1 Å². The Morgan fingerprint density at radius 1 is 1.17 bits per heavy atom. The van der Waals surface area contributed by atoms with Crippen molar-refractivity contribution < 1.29 is 13.7 Å². The molecule has 0 fully saturated rings. The molecule has 0 aliphatic heterocycles. The molecule has 0 aliphatic rings. The molecule has 7 heteroatoms. The SMILES string of the molecule is CCCOc1c[nH]c(CS(=O)CCOc2ccc(Cl)cc2)cc1=O. The van der Waals surface area contributed by atoms with Crippen molar-refractivity contribution in [2.24, 2.45) is 0 Å². The molecule has 1 atom stereocenters. The molecule has 1 aromatic carbocycles. The average molecular weight is 370 g/mol. The van der Waals surface area contributed by atoms with Gasteiger partial charge in [0.1, 0.15) is 5.75 Å². The molecule has 1 aromatic heterocycles. The van der Waals surface area contributed by atoms with E-state index in [1.54, 1.807) is 24.3 Å². The number of ether oxygens (including phenoxy) is 2. The first kappa shape index (κ1) is 18.5. The third kappa shape index (κ3) is 6.02. The number of nitrogens with one attached hydrogen (secondary N) is 1. The zero-order chi connectivity index (χ0) is 17.4. The Balaban J connectivity index is 1.80. The first-order valence-electron chi connectivity index (χ1n) is 7.66. The van der Waals surface area contributed by atoms with Crippen LogP contribution in [0.3, 0.4) is 0 Å². The van der Waals surface area contributed by atoms with Crippen LogP contribution in [0.25, 0.3) is 0 Å². The van der Waals surface area contributed by atoms with E-state index in [1.807, 2.05) is 6.92 Å². The van der Waals surface area contributed by atoms with E-state index in [1.165, 1.54) is 12.3 Å². The number of H-pyrrole nitrogens is 1. The van der Waals surface area contributed by atoms with Gasteiger partial charge in [0.25, 0.3) is 0 Å². The largest absolute Gasteiger partial charge is 0.493 e. The predicted octanol–water partition coefficient (Wildman–Crippen LogP) is 3.14. The van der Waals surface area contributed by atoms with Gasteiger partial charge in [-0.2, -0.15) is 0 Å². The fourth-order valence-corrected chi connectivity index (χ4v) is 2.99. The zero-order valence-electron chi connectivity index (χ0n) is 13.4. The van der Waals surface area contributed by atoms with Crippen molar-refractivity contribution in [1.29, 1.82) is 0 Å². The Hall–Kier alpha value is -1.79. The molecule has 0 amide bonds. The van der Waals surface area contributed by atoms with Crippen LogP contribution in [0.2, 0.25) is 5.02 Å². The minimum absolute atomic E-state index is 0.202. The number of aromatic nitrogens is 1. The lowest BCUT2D eigenvalue weighted by Crippen LogP contribution is -2.14. The van der Waals surface area contributed by atoms with Gasteiger partial charge in [0, 0.05) is 33.8 Å². The molecule has 0 spiro atoms. The summed E-state index contributed by atoms with van der Waals surface area (Å²) in [6.45, 7) is 2.80. The molecule has 24 heavy (non-hydrogen) atoms. The number of benzene rings is 1. The lowest BCUT2D eigenvalue weighted by molar-refractivity contribution is 0.313. The number of rotatable bonds is 9. The maximum absolute atomic E-state index is 12.1. The molecule has 2 rings (SSSR count). The fraction of sp³-hybridized carbons (Fsp3) is 0.353. The second-order valence-electron chi connectivity index (χ2n) is 5.13. The highest BCUT2D eigenvalue weighted by atomic mass is 35.5. The Labute approximate surface area is 148 Å². The van der Waals surface area contributed by atoms with Crippen molar-refractivity contribution >= 4 is 22.4 Å². The van der Waals surface area contributed by atoms with Gasteiger partial charge in [0.2, 0.25) is 5.43 Å². The topological polar surface area (TPSA) is 68.4 Å². The van der Waals surface area contributed by atoms with Crippen molar-refractivity contribution in [2.45, 2.75) is 19.1 Å². The number of hydrogen-bond donors (Lipinski definition) is 1. The minimum Gasteiger partial charge on any atom is -0.493 e. The maximum atomic E-state index is 12.1. The summed E-state index contributed by atoms with van der Waals surface area (Å²) in [5, 5.41) is 0.640. The average Bonchev–Trinajstić information content (AvgIpc) is 2.56. The van der Waals surface area contributed by atoms with E-state index >= 15 is 0 Å². The number of pyridine rings is 1. The highest BCUT2D eigenvalue weighted by Crippen LogP contribution is 2.15. The van der Waals surface area contributed by atoms with Crippen molar-refractivity contribution in [2.75, 3.05) is 19.0 Å². The normalized spacial score (nSPS) is 11.9. The lowest BCUT2D eigenvalue weighted by Gasteiger charge is -2.07. The lowest BCUT2D eigenvalue weighted by atomic mass is 10.3. The van der Waals surface area contributed by atoms with Crippen LogP contribution in [0.4, 0.5) is 0 Å². The molecule has 0 saturated heterocycles. The van der Waals surface area contributed by atoms with Gasteiger partial charge < -0.3 is 14.5 Å². The van der Waals surface area contributed by atoms with Crippen molar-refractivity contribution in [3.63, 3.8) is 0 Å². The smallest absolute Gasteiger partial charge is 0.223 e. The molecule has 1 N–H and O–H groups in total. The van der Waals surface area contributed by atoms with Gasteiger partial charge in [-0.05, 0) is 30.7 Å². The number of hydrogen-bond acceptors (Lipinski definition) is 4. The Morgan fingerprint density at radius 2 is 1.92 bits per heavy atom. The molecule has 130 valence electrons. The molecule has 0 saturated carbocycles. The summed E-state index contributed by atoms with van der Waals surface area (Å²) >= 11 is 5.80. The first-order chi connectivity index (χ1) is 11.6. The highest BCUT2D eigenvalue weighted by molar-refractivity contribution is 7.84. The van der Waals surface area contributed by atoms with Crippen LogP contribution < -0.4 is 14.9 Å². The second kappa shape index (κ2) is 9.49. The number of halogens is 1. The molecule has 0 bridgehead atoms. The summed E-state index contributed by atoms with van der Waals surface area (Å²) in [5.74, 6) is 1.62. The minimum atomic E-state index is -1.13. The van der Waals surface area contributed by atoms with Gasteiger partial charge in [0.05, 0.1) is 24.7 Å². The summed E-state index contributed by atoms with van der Waals surface area (Å²) in [7, 11) is -1.13. The standard InChI is InChI=1S/C17H20ClNO4S/c1-2-7-23-17-11-19-14(10-16(17)20)12-24(21)9-8-22-15-5-3-13(18)4-6-15/h3-6,10-11H,2,7-9,12H2,1H3,(H,19,20). The summed E-state index contributed by atoms with van der Waals surface area (Å²) < 4.78 is 22.9. The van der Waals surface area contributed by atoms with Gasteiger partial charge in [-0.15, -0.1) is 0 Å². The summed E-state index contributed by atoms with van der Waals surface area (Å²) in [6, 6.07) is 8.43. The van der Waals surface area contributed by atoms with Crippen molar-refractivity contribution in [3.05, 3.63) is 57.5 Å². The van der Waals surface area contributed by atoms with E-state index in [0.29, 0.717) is 35.4 Å². The molecular weight excluding hydrogens is 350 g/mol. The van der Waals surface area contributed by atoms with Crippen LogP contribution in [-0.4, -0.2) is 28.2 Å². The summed E-state index contributed by atoms with van der Waals surface area (Å²) in [5.41, 5.74) is 0.417. The van der Waals surface area contributed by atoms with Crippen LogP contribution >= 0.6 is 11.6 Å². The second-order valence-corrected chi connectivity index (χ2v) is 7.14. The van der Waals surface area contributed by atoms with Crippen LogP contribution in [0.5, 0.6) is 11.5 Å². The third-order valence-corrected chi connectivity index (χ3v) is 4.62. The third-order valence-electron chi connectivity index (χ3n) is 3.11. The van der Waals surface area contributed by atoms with Crippen molar-refractivity contribution in [1.82, 2.24) is 4.98 Å². The van der Waals surface area contributed by atoms with Crippen LogP contribution in [0.15, 0.2) is 41.3 Å². The molecular formula is C17H20ClNO4S. The van der Waals surface area contributed by atoms with Gasteiger partial charge >= 0.3 is 0 Å². The van der Waals surface area contributed by atoms with Gasteiger partial charge in [0.15, 0.2) is 5.75 Å². The van der Waals surface area contributed by atoms with Gasteiger partial charge in [-0.1, -0.05) is 18.5 Å². The van der Waals surface area contributed by atoms with Gasteiger partial charge in [-0.25, -0.2) is 0 Å². The Morgan fingerprint density at radius 3 is 2.58 bits per heavy atom. The maximum Gasteiger partial charge on any atom is 0.223 e. The highest BCUT2D eigenvalue weighted by Gasteiger charge is 2.07. The molecule has 1 unspecified atom stereocenters. The molecule has 2 aromatic rings. The predicted molar refractivity (Wildman–Crippen MR) is 96.5 cm³/mol. The number of aromatic amines is 1. The van der Waals surface area contributed by atoms with Crippen LogP contribution in [0, 0.1) is 0 Å². The van der Waals surface area contributed by atoms with E-state index in [9.17, 15) is 9.00 Å². The monoisotopic (exact) mass is 369 g/mol. The van der Waals surface area contributed by atoms with Crippen molar-refractivity contribution in [3.8, 4) is 11.5 Å². The van der Waals surface area contributed by atoms with E-state index in [-0.39, 0.29) is 16.9 Å².